The van der Waals surface area contributed by atoms with Crippen LogP contribution >= 0.6 is 0 Å². The molecule has 49 heavy (non-hydrogen) atoms. The largest absolute Gasteiger partial charge is 0.759 e. The number of hydrogen-bond acceptors (Lipinski definition) is 8. The van der Waals surface area contributed by atoms with E-state index in [2.05, 4.69) is 4.18 Å². The monoisotopic (exact) mass is 780 g/mol. The van der Waals surface area contributed by atoms with Gasteiger partial charge in [-0.1, -0.05) is 69.9 Å². The summed E-state index contributed by atoms with van der Waals surface area (Å²) in [6.45, 7) is 0. The van der Waals surface area contributed by atoms with Crippen LogP contribution in [-0.4, -0.2) is 51.1 Å². The van der Waals surface area contributed by atoms with Gasteiger partial charge in [-0.2, -0.15) is 51.8 Å². The molecule has 0 heterocycles. The van der Waals surface area contributed by atoms with Crippen LogP contribution in [0.25, 0.3) is 0 Å². The fourth-order valence-corrected chi connectivity index (χ4v) is 10.3. The van der Waals surface area contributed by atoms with Crippen LogP contribution in [-0.2, 0) is 30.2 Å². The molecule has 21 heteroatoms. The van der Waals surface area contributed by atoms with E-state index in [-0.39, 0.29) is 17.0 Å². The topological polar surface area (TPSA) is 138 Å². The Hall–Kier alpha value is -1.84. The lowest BCUT2D eigenvalue weighted by Gasteiger charge is -2.36. The second kappa shape index (κ2) is 13.9. The number of halogens is 9. The van der Waals surface area contributed by atoms with Crippen molar-refractivity contribution in [3.05, 3.63) is 34.0 Å². The standard InChI is InChI=1S/C28H35F9NO8S3/c29-25(30,26(31,32)47(40,41)38(39)48(42,43)28(35,36)37)27(33,34)49(44,45)46-24-22(19-12-6-2-7-13-19)16-21(18-10-4-1-5-11-18)17-23(24)20-14-8-3-9-15-20/h16-20H,1-15H2/q-1. The normalized spacial score (nSPS) is 20.9. The molecule has 0 aliphatic heterocycles. The van der Waals surface area contributed by atoms with E-state index in [0.717, 1.165) is 50.5 Å². The van der Waals surface area contributed by atoms with Gasteiger partial charge in [0.15, 0.2) is 0 Å². The predicted molar refractivity (Wildman–Crippen MR) is 157 cm³/mol. The highest BCUT2D eigenvalue weighted by molar-refractivity contribution is 8.05. The molecule has 9 nitrogen and oxygen atoms in total. The van der Waals surface area contributed by atoms with E-state index in [0.29, 0.717) is 51.4 Å². The maximum absolute atomic E-state index is 15.3. The number of alkyl halides is 9. The highest BCUT2D eigenvalue weighted by Gasteiger charge is 2.84. The molecule has 0 spiro atoms. The van der Waals surface area contributed by atoms with Gasteiger partial charge in [0.1, 0.15) is 5.75 Å². The lowest BCUT2D eigenvalue weighted by Crippen LogP contribution is -2.64. The van der Waals surface area contributed by atoms with Crippen molar-refractivity contribution in [2.45, 2.75) is 136 Å². The second-order valence-corrected chi connectivity index (χ2v) is 18.2. The van der Waals surface area contributed by atoms with Crippen LogP contribution in [0.4, 0.5) is 39.5 Å². The smallest absolute Gasteiger partial charge is 0.511 e. The molecule has 4 rings (SSSR count). The Balaban J connectivity index is 1.85. The number of sulfonamides is 2. The third kappa shape index (κ3) is 7.16. The Bertz CT molecular complexity index is 1640. The van der Waals surface area contributed by atoms with Crippen LogP contribution in [0.3, 0.4) is 0 Å². The Morgan fingerprint density at radius 1 is 0.571 bits per heavy atom. The van der Waals surface area contributed by atoms with Gasteiger partial charge >= 0.3 is 42.1 Å². The van der Waals surface area contributed by atoms with Gasteiger partial charge in [-0.25, -0.2) is 16.8 Å². The van der Waals surface area contributed by atoms with E-state index in [1.165, 1.54) is 12.1 Å². The average molecular weight is 781 g/mol. The molecule has 0 amide bonds. The lowest BCUT2D eigenvalue weighted by atomic mass is 9.75. The van der Waals surface area contributed by atoms with Gasteiger partial charge in [-0.15, -0.1) is 0 Å². The van der Waals surface area contributed by atoms with Crippen molar-refractivity contribution < 1.29 is 69.0 Å². The molecule has 0 atom stereocenters. The van der Waals surface area contributed by atoms with Gasteiger partial charge in [0, 0.05) is 0 Å². The van der Waals surface area contributed by atoms with Crippen LogP contribution in [0.15, 0.2) is 12.1 Å². The Morgan fingerprint density at radius 2 is 0.939 bits per heavy atom. The SMILES string of the molecule is O=S(=O)(Oc1c(C2CCCCC2)cc(C2CCCCC2)cc1C1CCCCC1)C(F)(F)C(F)(F)C(F)(F)S(=O)(=O)N([O-])S(=O)(=O)C(F)(F)F. The van der Waals surface area contributed by atoms with E-state index in [9.17, 15) is 61.2 Å². The molecule has 3 aliphatic carbocycles. The highest BCUT2D eigenvalue weighted by Crippen LogP contribution is 2.54. The van der Waals surface area contributed by atoms with Gasteiger partial charge in [-0.05, 0) is 73.0 Å². The maximum Gasteiger partial charge on any atom is 0.511 e. The zero-order valence-electron chi connectivity index (χ0n) is 25.8. The van der Waals surface area contributed by atoms with Crippen molar-refractivity contribution in [2.75, 3.05) is 0 Å². The minimum absolute atomic E-state index is 0.0122. The first-order chi connectivity index (χ1) is 22.4. The third-order valence-corrected chi connectivity index (χ3v) is 14.3. The fourth-order valence-electron chi connectivity index (χ4n) is 6.86. The molecule has 1 aromatic rings. The number of nitrogens with zero attached hydrogens (tertiary/aromatic N) is 1. The predicted octanol–water partition coefficient (Wildman–Crippen LogP) is 8.34. The van der Waals surface area contributed by atoms with E-state index >= 15 is 8.78 Å². The summed E-state index contributed by atoms with van der Waals surface area (Å²) in [5.41, 5.74) is -6.10. The van der Waals surface area contributed by atoms with Crippen LogP contribution < -0.4 is 4.18 Å². The van der Waals surface area contributed by atoms with Crippen molar-refractivity contribution in [3.8, 4) is 5.75 Å². The van der Waals surface area contributed by atoms with E-state index in [1.807, 2.05) is 0 Å². The zero-order valence-corrected chi connectivity index (χ0v) is 28.3. The molecular formula is C28H35F9NO8S3-. The summed E-state index contributed by atoms with van der Waals surface area (Å²) >= 11 is 0. The van der Waals surface area contributed by atoms with Gasteiger partial charge < -0.3 is 9.39 Å². The minimum atomic E-state index is -8.44. The molecule has 3 saturated carbocycles. The first kappa shape index (κ1) is 39.9. The quantitative estimate of drug-likeness (QED) is 0.124. The third-order valence-electron chi connectivity index (χ3n) is 9.58. The number of benzene rings is 1. The second-order valence-electron chi connectivity index (χ2n) is 12.8. The molecule has 3 aliphatic rings. The van der Waals surface area contributed by atoms with Crippen LogP contribution in [0.5, 0.6) is 5.75 Å². The van der Waals surface area contributed by atoms with Gasteiger partial charge in [0.25, 0.3) is 10.0 Å². The van der Waals surface area contributed by atoms with Crippen molar-refractivity contribution in [2.24, 2.45) is 0 Å². The summed E-state index contributed by atoms with van der Waals surface area (Å²) in [4.78, 5) is 0. The Morgan fingerprint density at radius 3 is 1.31 bits per heavy atom. The van der Waals surface area contributed by atoms with E-state index in [4.69, 9.17) is 0 Å². The molecule has 282 valence electrons. The van der Waals surface area contributed by atoms with Gasteiger partial charge in [0.05, 0.1) is 0 Å². The van der Waals surface area contributed by atoms with Crippen LogP contribution in [0, 0.1) is 5.21 Å². The molecular weight excluding hydrogens is 745 g/mol. The molecule has 0 aromatic heterocycles. The zero-order chi connectivity index (χ0) is 36.8. The molecule has 0 N–H and O–H groups in total. The van der Waals surface area contributed by atoms with Crippen molar-refractivity contribution in [1.82, 2.24) is 3.87 Å². The fraction of sp³-hybridized carbons (Fsp3) is 0.786. The highest BCUT2D eigenvalue weighted by atomic mass is 32.3. The molecule has 0 unspecified atom stereocenters. The summed E-state index contributed by atoms with van der Waals surface area (Å²) in [6, 6.07) is 3.08. The van der Waals surface area contributed by atoms with E-state index in [1.54, 1.807) is 0 Å². The van der Waals surface area contributed by atoms with Crippen molar-refractivity contribution in [1.29, 1.82) is 0 Å². The molecule has 3 fully saturated rings. The van der Waals surface area contributed by atoms with Crippen molar-refractivity contribution in [3.63, 3.8) is 0 Å². The summed E-state index contributed by atoms with van der Waals surface area (Å²) in [6.07, 6.45) is 9.87. The molecule has 0 radical (unpaired) electrons. The lowest BCUT2D eigenvalue weighted by molar-refractivity contribution is -0.246. The van der Waals surface area contributed by atoms with Gasteiger partial charge in [0.2, 0.25) is 0 Å². The first-order valence-electron chi connectivity index (χ1n) is 15.7. The Labute approximate surface area is 278 Å². The first-order valence-corrected chi connectivity index (χ1v) is 20.0. The summed E-state index contributed by atoms with van der Waals surface area (Å²) in [5, 5.41) is -3.51. The number of hydrogen-bond donors (Lipinski definition) is 0. The number of rotatable bonds is 11. The maximum atomic E-state index is 15.3. The van der Waals surface area contributed by atoms with Crippen LogP contribution in [0.2, 0.25) is 0 Å². The minimum Gasteiger partial charge on any atom is -0.759 e. The summed E-state index contributed by atoms with van der Waals surface area (Å²) in [7, 11) is -23.7. The molecule has 1 aromatic carbocycles. The molecule has 0 bridgehead atoms. The van der Waals surface area contributed by atoms with E-state index < -0.39 is 73.6 Å². The summed E-state index contributed by atoms with van der Waals surface area (Å²) < 4.78 is 201. The van der Waals surface area contributed by atoms with Crippen LogP contribution in [0.1, 0.15) is 131 Å². The van der Waals surface area contributed by atoms with Gasteiger partial charge in [-0.3, -0.25) is 0 Å². The Kier molecular flexibility index (Phi) is 11.4. The molecule has 0 saturated heterocycles. The van der Waals surface area contributed by atoms with Crippen molar-refractivity contribution >= 4 is 30.2 Å². The summed E-state index contributed by atoms with van der Waals surface area (Å²) in [5.74, 6) is -9.61. The average Bonchev–Trinajstić information content (AvgIpc) is 3.04.